The van der Waals surface area contributed by atoms with Crippen molar-refractivity contribution in [3.05, 3.63) is 39.2 Å². The van der Waals surface area contributed by atoms with Crippen molar-refractivity contribution in [1.82, 2.24) is 0 Å². The van der Waals surface area contributed by atoms with Gasteiger partial charge in [-0.15, -0.1) is 0 Å². The molecule has 0 saturated heterocycles. The molecule has 0 atom stereocenters. The topological polar surface area (TPSA) is 0 Å². The van der Waals surface area contributed by atoms with Crippen LogP contribution in [0.1, 0.15) is 0 Å². The molecule has 0 aromatic carbocycles. The lowest BCUT2D eigenvalue weighted by atomic mass is 10.4. The molecule has 1 rings (SSSR count). The van der Waals surface area contributed by atoms with Crippen molar-refractivity contribution in [2.24, 2.45) is 0 Å². The predicted molar refractivity (Wildman–Crippen MR) is 101 cm³/mol. The van der Waals surface area contributed by atoms with Crippen LogP contribution in [0.15, 0.2) is 39.2 Å². The highest BCUT2D eigenvalue weighted by Crippen LogP contribution is 2.53. The van der Waals surface area contributed by atoms with E-state index in [1.54, 1.807) is 0 Å². The Labute approximate surface area is 181 Å². The van der Waals surface area contributed by atoms with Gasteiger partial charge in [0.25, 0.3) is 0 Å². The molecule has 0 fully saturated rings. The minimum Gasteiger partial charge on any atom is -0.0888 e. The first-order chi connectivity index (χ1) is 9.35. The van der Waals surface area contributed by atoms with Crippen LogP contribution in [0.2, 0.25) is 0 Å². The molecule has 0 radical (unpaired) electrons. The third-order valence-electron chi connectivity index (χ3n) is 1.65. The van der Waals surface area contributed by atoms with Crippen molar-refractivity contribution in [3.63, 3.8) is 0 Å². The first-order valence-corrected chi connectivity index (χ1v) is 8.80. The highest BCUT2D eigenvalue weighted by molar-refractivity contribution is 6.67. The van der Waals surface area contributed by atoms with Gasteiger partial charge >= 0.3 is 0 Å². The largest absolute Gasteiger partial charge is 0.191 e. The van der Waals surface area contributed by atoms with E-state index < -0.39 is 4.33 Å². The van der Waals surface area contributed by atoms with Gasteiger partial charge in [0.1, 0.15) is 8.98 Å². The van der Waals surface area contributed by atoms with E-state index in [4.69, 9.17) is 139 Å². The molecule has 12 heteroatoms. The minimum absolute atomic E-state index is 0.0394. The number of halogens is 12. The average Bonchev–Trinajstić information content (AvgIpc) is 2.53. The van der Waals surface area contributed by atoms with Gasteiger partial charge in [-0.2, -0.15) is 0 Å². The van der Waals surface area contributed by atoms with Gasteiger partial charge in [-0.05, 0) is 0 Å². The molecule has 21 heavy (non-hydrogen) atoms. The van der Waals surface area contributed by atoms with Crippen LogP contribution in [0, 0.1) is 0 Å². The number of hydrogen-bond acceptors (Lipinski definition) is 0. The Morgan fingerprint density at radius 1 is 0.571 bits per heavy atom. The maximum atomic E-state index is 5.68. The van der Waals surface area contributed by atoms with Crippen LogP contribution in [0.5, 0.6) is 0 Å². The van der Waals surface area contributed by atoms with Crippen LogP contribution in [-0.4, -0.2) is 4.33 Å². The average molecular weight is 534 g/mol. The molecule has 1 aliphatic carbocycles. The van der Waals surface area contributed by atoms with E-state index in [1.807, 2.05) is 0 Å². The van der Waals surface area contributed by atoms with Crippen molar-refractivity contribution in [1.29, 1.82) is 0 Å². The second kappa shape index (κ2) is 9.80. The van der Waals surface area contributed by atoms with Gasteiger partial charge in [0.15, 0.2) is 4.33 Å². The molecule has 0 heterocycles. The predicted octanol–water partition coefficient (Wildman–Crippen LogP) is 9.31. The van der Waals surface area contributed by atoms with Crippen molar-refractivity contribution in [2.75, 3.05) is 0 Å². The highest BCUT2D eigenvalue weighted by Gasteiger charge is 2.42. The summed E-state index contributed by atoms with van der Waals surface area (Å²) in [6.07, 6.45) is 0. The molecule has 0 N–H and O–H groups in total. The summed E-state index contributed by atoms with van der Waals surface area (Å²) in [5, 5.41) is 0.150. The Balaban J connectivity index is 0.000000384. The molecular weight excluding hydrogens is 534 g/mol. The van der Waals surface area contributed by atoms with E-state index >= 15 is 0 Å². The Bertz CT molecular complexity index is 493. The SMILES string of the molecule is ClC(Cl)=C(Cl)C(Cl)=C(Cl)Cl.ClC1=C(Cl)C(Cl)(Cl)C(Cl)=C1Cl. The number of alkyl halides is 2. The van der Waals surface area contributed by atoms with E-state index in [0.717, 1.165) is 0 Å². The molecule has 0 bridgehead atoms. The van der Waals surface area contributed by atoms with E-state index in [-0.39, 0.29) is 39.2 Å². The molecule has 0 unspecified atom stereocenters. The second-order valence-corrected chi connectivity index (χ2v) is 8.47. The zero-order chi connectivity index (χ0) is 17.1. The lowest BCUT2D eigenvalue weighted by Gasteiger charge is -2.11. The lowest BCUT2D eigenvalue weighted by Crippen LogP contribution is -2.09. The standard InChI is InChI=1S/C5Cl6.C4Cl6/c6-1-2(7)4(9)5(10,11)3(1)8;5-1(3(7)8)2(6)4(9)10. The van der Waals surface area contributed by atoms with E-state index in [2.05, 4.69) is 0 Å². The van der Waals surface area contributed by atoms with Crippen LogP contribution < -0.4 is 0 Å². The molecule has 0 spiro atoms. The summed E-state index contributed by atoms with van der Waals surface area (Å²) in [4.78, 5) is 0. The summed E-state index contributed by atoms with van der Waals surface area (Å²) in [6.45, 7) is 0. The number of hydrogen-bond donors (Lipinski definition) is 0. The first kappa shape index (κ1) is 23.4. The van der Waals surface area contributed by atoms with Gasteiger partial charge in [-0.1, -0.05) is 139 Å². The summed E-state index contributed by atoms with van der Waals surface area (Å²) >= 11 is 65.6. The third kappa shape index (κ3) is 6.34. The quantitative estimate of drug-likeness (QED) is 0.233. The molecule has 120 valence electrons. The van der Waals surface area contributed by atoms with Gasteiger partial charge in [0.05, 0.1) is 30.2 Å². The first-order valence-electron chi connectivity index (χ1n) is 4.27. The molecule has 0 aromatic heterocycles. The van der Waals surface area contributed by atoms with Crippen LogP contribution in [0.4, 0.5) is 0 Å². The maximum Gasteiger partial charge on any atom is 0.191 e. The van der Waals surface area contributed by atoms with E-state index in [1.165, 1.54) is 0 Å². The van der Waals surface area contributed by atoms with Gasteiger partial charge in [0.2, 0.25) is 0 Å². The molecule has 0 aliphatic heterocycles. The van der Waals surface area contributed by atoms with E-state index in [0.29, 0.717) is 0 Å². The zero-order valence-electron chi connectivity index (χ0n) is 9.04. The fourth-order valence-corrected chi connectivity index (χ4v) is 3.06. The summed E-state index contributed by atoms with van der Waals surface area (Å²) in [7, 11) is 0. The van der Waals surface area contributed by atoms with Crippen LogP contribution in [-0.2, 0) is 0 Å². The number of allylic oxidation sites excluding steroid dienone is 6. The number of rotatable bonds is 1. The summed E-state index contributed by atoms with van der Waals surface area (Å²) in [5.41, 5.74) is 0. The monoisotopic (exact) mass is 528 g/mol. The van der Waals surface area contributed by atoms with Crippen molar-refractivity contribution < 1.29 is 0 Å². The zero-order valence-corrected chi connectivity index (χ0v) is 18.1. The van der Waals surface area contributed by atoms with Crippen LogP contribution in [0.3, 0.4) is 0 Å². The van der Waals surface area contributed by atoms with Crippen molar-refractivity contribution in [2.45, 2.75) is 4.33 Å². The molecule has 0 saturated carbocycles. The van der Waals surface area contributed by atoms with Gasteiger partial charge in [0, 0.05) is 0 Å². The molecular formula is C9Cl12. The third-order valence-corrected chi connectivity index (χ3v) is 6.78. The second-order valence-electron chi connectivity index (χ2n) is 2.98. The van der Waals surface area contributed by atoms with Crippen LogP contribution >= 0.6 is 139 Å². The van der Waals surface area contributed by atoms with Crippen molar-refractivity contribution in [3.8, 4) is 0 Å². The fourth-order valence-electron chi connectivity index (χ4n) is 0.731. The normalized spacial score (nSPS) is 16.6. The molecule has 0 nitrogen and oxygen atoms in total. The Morgan fingerprint density at radius 2 is 0.810 bits per heavy atom. The highest BCUT2D eigenvalue weighted by atomic mass is 35.5. The smallest absolute Gasteiger partial charge is 0.0888 e. The summed E-state index contributed by atoms with van der Waals surface area (Å²) in [6, 6.07) is 0. The van der Waals surface area contributed by atoms with Crippen molar-refractivity contribution >= 4 is 139 Å². The Morgan fingerprint density at radius 3 is 0.905 bits per heavy atom. The summed E-state index contributed by atoms with van der Waals surface area (Å²) in [5.74, 6) is 0. The van der Waals surface area contributed by atoms with Gasteiger partial charge in [-0.3, -0.25) is 0 Å². The maximum absolute atomic E-state index is 5.68. The Kier molecular flexibility index (Phi) is 10.9. The molecule has 0 amide bonds. The Hall–Kier alpha value is 2.44. The molecule has 0 aromatic rings. The van der Waals surface area contributed by atoms with Gasteiger partial charge < -0.3 is 0 Å². The minimum atomic E-state index is -1.47. The summed E-state index contributed by atoms with van der Waals surface area (Å²) < 4.78 is -1.83. The lowest BCUT2D eigenvalue weighted by molar-refractivity contribution is 1.24. The van der Waals surface area contributed by atoms with E-state index in [9.17, 15) is 0 Å². The fraction of sp³-hybridized carbons (Fsp3) is 0.111. The van der Waals surface area contributed by atoms with Crippen LogP contribution in [0.25, 0.3) is 0 Å². The molecule has 1 aliphatic rings. The van der Waals surface area contributed by atoms with Gasteiger partial charge in [-0.25, -0.2) is 0 Å².